The molecule has 0 spiro atoms. The molecule has 0 aliphatic rings. The lowest BCUT2D eigenvalue weighted by Crippen LogP contribution is -2.12. The van der Waals surface area contributed by atoms with Crippen LogP contribution in [0.1, 0.15) is 25.5 Å². The van der Waals surface area contributed by atoms with E-state index in [2.05, 4.69) is 34.3 Å². The minimum absolute atomic E-state index is 0.150. The molecule has 7 heteroatoms. The van der Waals surface area contributed by atoms with Crippen LogP contribution < -0.4 is 17.0 Å². The first-order chi connectivity index (χ1) is 8.10. The van der Waals surface area contributed by atoms with E-state index >= 15 is 0 Å². The number of nitrogens with one attached hydrogen (secondary N) is 1. The summed E-state index contributed by atoms with van der Waals surface area (Å²) in [6, 6.07) is 3.62. The lowest BCUT2D eigenvalue weighted by molar-refractivity contribution is 0.757. The van der Waals surface area contributed by atoms with E-state index in [1.54, 1.807) is 10.7 Å². The molecule has 2 aromatic heterocycles. The minimum Gasteiger partial charge on any atom is -0.368 e. The molecule has 0 amide bonds. The van der Waals surface area contributed by atoms with E-state index < -0.39 is 0 Å². The van der Waals surface area contributed by atoms with Gasteiger partial charge in [0, 0.05) is 12.3 Å². The van der Waals surface area contributed by atoms with Gasteiger partial charge in [-0.1, -0.05) is 13.8 Å². The number of nitrogens with two attached hydrogens (primary N) is 2. The summed E-state index contributed by atoms with van der Waals surface area (Å²) in [7, 11) is 0. The zero-order valence-corrected chi connectivity index (χ0v) is 9.75. The third-order valence-electron chi connectivity index (χ3n) is 2.31. The fourth-order valence-electron chi connectivity index (χ4n) is 1.42. The van der Waals surface area contributed by atoms with Crippen LogP contribution in [0.5, 0.6) is 0 Å². The first-order valence-corrected chi connectivity index (χ1v) is 5.27. The van der Waals surface area contributed by atoms with Crippen LogP contribution in [0, 0.1) is 0 Å². The first-order valence-electron chi connectivity index (χ1n) is 5.27. The van der Waals surface area contributed by atoms with Crippen molar-refractivity contribution in [3.05, 3.63) is 24.0 Å². The van der Waals surface area contributed by atoms with Gasteiger partial charge < -0.3 is 11.2 Å². The van der Waals surface area contributed by atoms with Crippen molar-refractivity contribution in [3.63, 3.8) is 0 Å². The van der Waals surface area contributed by atoms with Crippen LogP contribution in [-0.4, -0.2) is 19.7 Å². The van der Waals surface area contributed by atoms with Crippen LogP contribution in [0.15, 0.2) is 18.3 Å². The molecule has 0 saturated carbocycles. The van der Waals surface area contributed by atoms with Gasteiger partial charge in [0.15, 0.2) is 5.82 Å². The van der Waals surface area contributed by atoms with E-state index in [1.165, 1.54) is 0 Å². The number of aromatic nitrogens is 4. The van der Waals surface area contributed by atoms with Gasteiger partial charge in [-0.15, -0.1) is 0 Å². The SMILES string of the molecule is CC(C)c1ccn(-c2cc(NN)nc(N)n2)n1. The van der Waals surface area contributed by atoms with Crippen LogP contribution in [0.25, 0.3) is 5.82 Å². The van der Waals surface area contributed by atoms with Gasteiger partial charge in [-0.2, -0.15) is 15.1 Å². The van der Waals surface area contributed by atoms with E-state index in [1.807, 2.05) is 12.3 Å². The molecule has 0 unspecified atom stereocenters. The van der Waals surface area contributed by atoms with E-state index in [0.717, 1.165) is 5.69 Å². The molecule has 0 atom stereocenters. The van der Waals surface area contributed by atoms with E-state index in [0.29, 0.717) is 17.6 Å². The summed E-state index contributed by atoms with van der Waals surface area (Å²) >= 11 is 0. The van der Waals surface area contributed by atoms with Gasteiger partial charge in [0.1, 0.15) is 5.82 Å². The lowest BCUT2D eigenvalue weighted by Gasteiger charge is -2.05. The Hall–Kier alpha value is -2.15. The van der Waals surface area contributed by atoms with Crippen molar-refractivity contribution in [2.75, 3.05) is 11.2 Å². The standard InChI is InChI=1S/C10H15N7/c1-6(2)7-3-4-17(16-7)9-5-8(15-12)13-10(11)14-9/h3-6H,12H2,1-2H3,(H3,11,13,14,15). The highest BCUT2D eigenvalue weighted by Crippen LogP contribution is 2.15. The van der Waals surface area contributed by atoms with Crippen molar-refractivity contribution >= 4 is 11.8 Å². The van der Waals surface area contributed by atoms with Crippen LogP contribution in [0.4, 0.5) is 11.8 Å². The number of hydrazine groups is 1. The largest absolute Gasteiger partial charge is 0.368 e. The Morgan fingerprint density at radius 2 is 2.12 bits per heavy atom. The molecule has 0 fully saturated rings. The maximum Gasteiger partial charge on any atom is 0.224 e. The van der Waals surface area contributed by atoms with Gasteiger partial charge in [-0.3, -0.25) is 0 Å². The minimum atomic E-state index is 0.150. The Morgan fingerprint density at radius 1 is 1.35 bits per heavy atom. The van der Waals surface area contributed by atoms with Crippen molar-refractivity contribution < 1.29 is 0 Å². The molecule has 5 N–H and O–H groups in total. The zero-order valence-electron chi connectivity index (χ0n) is 9.75. The van der Waals surface area contributed by atoms with Gasteiger partial charge in [-0.05, 0) is 12.0 Å². The Bertz CT molecular complexity index is 517. The monoisotopic (exact) mass is 233 g/mol. The summed E-state index contributed by atoms with van der Waals surface area (Å²) in [4.78, 5) is 8.01. The average Bonchev–Trinajstić information content (AvgIpc) is 2.77. The third-order valence-corrected chi connectivity index (χ3v) is 2.31. The first kappa shape index (κ1) is 11.3. The Labute approximate surface area is 98.8 Å². The maximum atomic E-state index is 5.58. The van der Waals surface area contributed by atoms with Crippen molar-refractivity contribution in [2.24, 2.45) is 5.84 Å². The summed E-state index contributed by atoms with van der Waals surface area (Å²) in [5.74, 6) is 6.84. The molecule has 0 aromatic carbocycles. The summed E-state index contributed by atoms with van der Waals surface area (Å²) < 4.78 is 1.65. The fourth-order valence-corrected chi connectivity index (χ4v) is 1.42. The highest BCUT2D eigenvalue weighted by molar-refractivity contribution is 5.44. The van der Waals surface area contributed by atoms with Crippen molar-refractivity contribution in [2.45, 2.75) is 19.8 Å². The van der Waals surface area contributed by atoms with Crippen molar-refractivity contribution in [3.8, 4) is 5.82 Å². The predicted molar refractivity (Wildman–Crippen MR) is 65.5 cm³/mol. The Kier molecular flexibility index (Phi) is 2.92. The number of rotatable bonds is 3. The third kappa shape index (κ3) is 2.34. The second-order valence-electron chi connectivity index (χ2n) is 3.95. The normalized spacial score (nSPS) is 10.8. The maximum absolute atomic E-state index is 5.58. The highest BCUT2D eigenvalue weighted by Gasteiger charge is 2.07. The number of hydrogen-bond acceptors (Lipinski definition) is 6. The molecule has 90 valence electrons. The zero-order chi connectivity index (χ0) is 12.4. The smallest absolute Gasteiger partial charge is 0.224 e. The number of nitrogens with zero attached hydrogens (tertiary/aromatic N) is 4. The molecule has 0 radical (unpaired) electrons. The van der Waals surface area contributed by atoms with E-state index in [-0.39, 0.29) is 5.95 Å². The van der Waals surface area contributed by atoms with Gasteiger partial charge in [0.2, 0.25) is 5.95 Å². The van der Waals surface area contributed by atoms with Gasteiger partial charge in [0.25, 0.3) is 0 Å². The molecule has 2 heterocycles. The second kappa shape index (κ2) is 4.38. The summed E-state index contributed by atoms with van der Waals surface area (Å²) in [5.41, 5.74) is 9.01. The number of nitrogen functional groups attached to an aromatic ring is 2. The summed E-state index contributed by atoms with van der Waals surface area (Å²) in [6.45, 7) is 4.15. The molecular formula is C10H15N7. The molecule has 2 aromatic rings. The van der Waals surface area contributed by atoms with Gasteiger partial charge >= 0.3 is 0 Å². The molecular weight excluding hydrogens is 218 g/mol. The topological polar surface area (TPSA) is 108 Å². The number of anilines is 2. The molecule has 0 bridgehead atoms. The predicted octanol–water partition coefficient (Wildman–Crippen LogP) is 0.653. The Morgan fingerprint density at radius 3 is 2.71 bits per heavy atom. The molecule has 0 aliphatic carbocycles. The summed E-state index contributed by atoms with van der Waals surface area (Å²) in [5, 5.41) is 4.40. The molecule has 17 heavy (non-hydrogen) atoms. The van der Waals surface area contributed by atoms with Crippen LogP contribution in [-0.2, 0) is 0 Å². The van der Waals surface area contributed by atoms with Crippen molar-refractivity contribution in [1.82, 2.24) is 19.7 Å². The molecule has 7 nitrogen and oxygen atoms in total. The molecule has 2 rings (SSSR count). The highest BCUT2D eigenvalue weighted by atomic mass is 15.3. The van der Waals surface area contributed by atoms with Gasteiger partial charge in [0.05, 0.1) is 5.69 Å². The quantitative estimate of drug-likeness (QED) is 0.530. The lowest BCUT2D eigenvalue weighted by atomic mass is 10.1. The van der Waals surface area contributed by atoms with Crippen LogP contribution in [0.3, 0.4) is 0 Å². The van der Waals surface area contributed by atoms with E-state index in [9.17, 15) is 0 Å². The molecule has 0 aliphatic heterocycles. The second-order valence-corrected chi connectivity index (χ2v) is 3.95. The van der Waals surface area contributed by atoms with Crippen molar-refractivity contribution in [1.29, 1.82) is 0 Å². The number of hydrogen-bond donors (Lipinski definition) is 3. The van der Waals surface area contributed by atoms with Gasteiger partial charge in [-0.25, -0.2) is 10.5 Å². The summed E-state index contributed by atoms with van der Waals surface area (Å²) in [6.07, 6.45) is 1.83. The molecule has 0 saturated heterocycles. The average molecular weight is 233 g/mol. The van der Waals surface area contributed by atoms with Crippen LogP contribution >= 0.6 is 0 Å². The fraction of sp³-hybridized carbons (Fsp3) is 0.300. The van der Waals surface area contributed by atoms with Crippen LogP contribution in [0.2, 0.25) is 0 Å². The Balaban J connectivity index is 2.41. The van der Waals surface area contributed by atoms with E-state index in [4.69, 9.17) is 11.6 Å².